The highest BCUT2D eigenvalue weighted by atomic mass is 19.3. The lowest BCUT2D eigenvalue weighted by atomic mass is 9.99. The van der Waals surface area contributed by atoms with Gasteiger partial charge in [0, 0.05) is 6.20 Å². The van der Waals surface area contributed by atoms with Crippen molar-refractivity contribution in [3.63, 3.8) is 0 Å². The zero-order chi connectivity index (χ0) is 18.1. The number of alkyl halides is 2. The van der Waals surface area contributed by atoms with E-state index in [2.05, 4.69) is 27.4 Å². The van der Waals surface area contributed by atoms with E-state index in [1.54, 1.807) is 0 Å². The molecule has 0 saturated carbocycles. The number of amides is 1. The van der Waals surface area contributed by atoms with Gasteiger partial charge in [0.2, 0.25) is 0 Å². The summed E-state index contributed by atoms with van der Waals surface area (Å²) in [6.45, 7) is 4.03. The summed E-state index contributed by atoms with van der Waals surface area (Å²) in [6, 6.07) is 3.78. The van der Waals surface area contributed by atoms with Gasteiger partial charge < -0.3 is 10.1 Å². The maximum absolute atomic E-state index is 13.2. The van der Waals surface area contributed by atoms with Crippen LogP contribution in [0.15, 0.2) is 18.3 Å². The van der Waals surface area contributed by atoms with Crippen LogP contribution in [0.2, 0.25) is 0 Å². The molecule has 3 rings (SSSR count). The van der Waals surface area contributed by atoms with E-state index in [1.807, 2.05) is 13.8 Å². The van der Waals surface area contributed by atoms with Crippen molar-refractivity contribution >= 4 is 5.91 Å². The van der Waals surface area contributed by atoms with Gasteiger partial charge in [0.05, 0.1) is 18.7 Å². The summed E-state index contributed by atoms with van der Waals surface area (Å²) in [5.41, 5.74) is 3.69. The zero-order valence-electron chi connectivity index (χ0n) is 14.3. The molecule has 7 heteroatoms. The van der Waals surface area contributed by atoms with Crippen molar-refractivity contribution in [3.05, 3.63) is 51.8 Å². The first kappa shape index (κ1) is 17.3. The topological polar surface area (TPSA) is 64.1 Å². The number of ether oxygens (including phenoxy) is 1. The third-order valence-corrected chi connectivity index (χ3v) is 4.40. The molecule has 1 N–H and O–H groups in total. The second kappa shape index (κ2) is 6.74. The SMILES string of the molecule is COc1ncc(C(=O)NC2CCc3cc(C)cc(C)c32)c(C(F)F)n1. The number of aryl methyl sites for hydroxylation is 3. The number of halogens is 2. The fourth-order valence-corrected chi connectivity index (χ4v) is 3.41. The third-order valence-electron chi connectivity index (χ3n) is 4.40. The Hall–Kier alpha value is -2.57. The number of methoxy groups -OCH3 is 1. The summed E-state index contributed by atoms with van der Waals surface area (Å²) in [4.78, 5) is 19.9. The number of hydrogen-bond donors (Lipinski definition) is 1. The first-order chi connectivity index (χ1) is 11.9. The lowest BCUT2D eigenvalue weighted by molar-refractivity contribution is 0.0918. The van der Waals surface area contributed by atoms with Gasteiger partial charge in [-0.3, -0.25) is 4.79 Å². The molecule has 132 valence electrons. The normalized spacial score (nSPS) is 16.0. The predicted molar refractivity (Wildman–Crippen MR) is 88.0 cm³/mol. The van der Waals surface area contributed by atoms with Crippen molar-refractivity contribution in [2.75, 3.05) is 7.11 Å². The van der Waals surface area contributed by atoms with Gasteiger partial charge in [0.1, 0.15) is 5.69 Å². The number of carbonyl (C=O) groups excluding carboxylic acids is 1. The maximum atomic E-state index is 13.2. The van der Waals surface area contributed by atoms with E-state index in [-0.39, 0.29) is 17.6 Å². The molecule has 1 heterocycles. The summed E-state index contributed by atoms with van der Waals surface area (Å²) in [7, 11) is 1.28. The van der Waals surface area contributed by atoms with Gasteiger partial charge in [-0.25, -0.2) is 13.8 Å². The summed E-state index contributed by atoms with van der Waals surface area (Å²) in [5.74, 6) is -0.601. The molecule has 0 fully saturated rings. The fourth-order valence-electron chi connectivity index (χ4n) is 3.41. The van der Waals surface area contributed by atoms with Crippen LogP contribution in [0, 0.1) is 13.8 Å². The molecule has 1 unspecified atom stereocenters. The molecule has 1 atom stereocenters. The van der Waals surface area contributed by atoms with Crippen LogP contribution in [0.25, 0.3) is 0 Å². The second-order valence-electron chi connectivity index (χ2n) is 6.18. The molecular formula is C18H19F2N3O2. The molecule has 2 aromatic rings. The average Bonchev–Trinajstić information content (AvgIpc) is 2.96. The van der Waals surface area contributed by atoms with Crippen molar-refractivity contribution in [2.24, 2.45) is 0 Å². The summed E-state index contributed by atoms with van der Waals surface area (Å²) in [6.07, 6.45) is -0.214. The van der Waals surface area contributed by atoms with Gasteiger partial charge >= 0.3 is 6.01 Å². The number of benzene rings is 1. The van der Waals surface area contributed by atoms with E-state index in [9.17, 15) is 13.6 Å². The van der Waals surface area contributed by atoms with Crippen LogP contribution in [0.4, 0.5) is 8.78 Å². The summed E-state index contributed by atoms with van der Waals surface area (Å²) >= 11 is 0. The Kier molecular flexibility index (Phi) is 4.65. The Bertz CT molecular complexity index is 824. The van der Waals surface area contributed by atoms with Crippen LogP contribution in [-0.4, -0.2) is 23.0 Å². The van der Waals surface area contributed by atoms with Crippen molar-refractivity contribution in [1.29, 1.82) is 0 Å². The second-order valence-corrected chi connectivity index (χ2v) is 6.18. The Morgan fingerprint density at radius 2 is 2.12 bits per heavy atom. The zero-order valence-corrected chi connectivity index (χ0v) is 14.3. The van der Waals surface area contributed by atoms with Crippen molar-refractivity contribution in [1.82, 2.24) is 15.3 Å². The Morgan fingerprint density at radius 3 is 2.80 bits per heavy atom. The number of rotatable bonds is 4. The molecule has 0 spiro atoms. The molecule has 1 aromatic heterocycles. The van der Waals surface area contributed by atoms with Crippen molar-refractivity contribution in [2.45, 2.75) is 39.2 Å². The Labute approximate surface area is 144 Å². The van der Waals surface area contributed by atoms with Crippen LogP contribution in [-0.2, 0) is 6.42 Å². The first-order valence-electron chi connectivity index (χ1n) is 8.00. The van der Waals surface area contributed by atoms with E-state index in [0.29, 0.717) is 0 Å². The van der Waals surface area contributed by atoms with Crippen LogP contribution in [0.3, 0.4) is 0 Å². The first-order valence-corrected chi connectivity index (χ1v) is 8.00. The molecular weight excluding hydrogens is 328 g/mol. The van der Waals surface area contributed by atoms with E-state index >= 15 is 0 Å². The highest BCUT2D eigenvalue weighted by Gasteiger charge is 2.29. The van der Waals surface area contributed by atoms with Gasteiger partial charge in [-0.2, -0.15) is 4.98 Å². The number of carbonyl (C=O) groups is 1. The van der Waals surface area contributed by atoms with Gasteiger partial charge in [-0.1, -0.05) is 17.7 Å². The van der Waals surface area contributed by atoms with Gasteiger partial charge in [0.25, 0.3) is 12.3 Å². The lowest BCUT2D eigenvalue weighted by Crippen LogP contribution is -2.29. The molecule has 0 radical (unpaired) electrons. The third kappa shape index (κ3) is 3.31. The quantitative estimate of drug-likeness (QED) is 0.920. The molecule has 0 aliphatic heterocycles. The van der Waals surface area contributed by atoms with Crippen LogP contribution in [0.5, 0.6) is 6.01 Å². The highest BCUT2D eigenvalue weighted by Crippen LogP contribution is 2.35. The maximum Gasteiger partial charge on any atom is 0.316 e. The van der Waals surface area contributed by atoms with Crippen LogP contribution >= 0.6 is 0 Å². The van der Waals surface area contributed by atoms with Gasteiger partial charge in [-0.15, -0.1) is 0 Å². The van der Waals surface area contributed by atoms with Crippen LogP contribution in [0.1, 0.15) is 57.2 Å². The number of nitrogens with zero attached hydrogens (tertiary/aromatic N) is 2. The van der Waals surface area contributed by atoms with Crippen molar-refractivity contribution in [3.8, 4) is 6.01 Å². The highest BCUT2D eigenvalue weighted by molar-refractivity contribution is 5.95. The molecule has 1 aliphatic carbocycles. The van der Waals surface area contributed by atoms with E-state index in [4.69, 9.17) is 4.74 Å². The summed E-state index contributed by atoms with van der Waals surface area (Å²) < 4.78 is 31.2. The van der Waals surface area contributed by atoms with Crippen LogP contribution < -0.4 is 10.1 Å². The number of aromatic nitrogens is 2. The van der Waals surface area contributed by atoms with Gasteiger partial charge in [-0.05, 0) is 43.4 Å². The largest absolute Gasteiger partial charge is 0.467 e. The Morgan fingerprint density at radius 1 is 1.36 bits per heavy atom. The number of hydrogen-bond acceptors (Lipinski definition) is 4. The van der Waals surface area contributed by atoms with E-state index in [1.165, 1.54) is 18.2 Å². The molecule has 5 nitrogen and oxygen atoms in total. The molecule has 0 bridgehead atoms. The predicted octanol–water partition coefficient (Wildman–Crippen LogP) is 3.46. The minimum absolute atomic E-state index is 0.190. The van der Waals surface area contributed by atoms with E-state index in [0.717, 1.165) is 30.2 Å². The molecule has 0 saturated heterocycles. The average molecular weight is 347 g/mol. The van der Waals surface area contributed by atoms with E-state index < -0.39 is 18.0 Å². The fraction of sp³-hybridized carbons (Fsp3) is 0.389. The number of fused-ring (bicyclic) bond motifs is 1. The Balaban J connectivity index is 1.88. The minimum atomic E-state index is -2.89. The molecule has 1 aromatic carbocycles. The minimum Gasteiger partial charge on any atom is -0.467 e. The number of nitrogens with one attached hydrogen (secondary N) is 1. The van der Waals surface area contributed by atoms with Gasteiger partial charge in [0.15, 0.2) is 0 Å². The monoisotopic (exact) mass is 347 g/mol. The standard InChI is InChI=1S/C18H19F2N3O2/c1-9-6-10(2)14-11(7-9)4-5-13(14)22-17(24)12-8-21-18(25-3)23-15(12)16(19)20/h6-8,13,16H,4-5H2,1-3H3,(H,22,24). The summed E-state index contributed by atoms with van der Waals surface area (Å²) in [5, 5.41) is 2.85. The lowest BCUT2D eigenvalue weighted by Gasteiger charge is -2.17. The molecule has 1 amide bonds. The molecule has 1 aliphatic rings. The van der Waals surface area contributed by atoms with Crippen molar-refractivity contribution < 1.29 is 18.3 Å². The smallest absolute Gasteiger partial charge is 0.316 e. The molecule has 25 heavy (non-hydrogen) atoms.